The number of ether oxygens (including phenoxy) is 1. The lowest BCUT2D eigenvalue weighted by atomic mass is 10.2. The molecule has 104 valence electrons. The Morgan fingerprint density at radius 2 is 2.25 bits per heavy atom. The summed E-state index contributed by atoms with van der Waals surface area (Å²) in [6.45, 7) is 0. The third-order valence-electron chi connectivity index (χ3n) is 3.06. The molecule has 1 saturated carbocycles. The summed E-state index contributed by atoms with van der Waals surface area (Å²) >= 11 is 1.31. The van der Waals surface area contributed by atoms with Gasteiger partial charge in [-0.3, -0.25) is 4.79 Å². The average molecular weight is 290 g/mol. The van der Waals surface area contributed by atoms with Gasteiger partial charge in [-0.1, -0.05) is 11.3 Å². The van der Waals surface area contributed by atoms with Crippen molar-refractivity contribution in [3.63, 3.8) is 0 Å². The van der Waals surface area contributed by atoms with E-state index in [1.54, 1.807) is 25.3 Å². The van der Waals surface area contributed by atoms with E-state index in [2.05, 4.69) is 15.5 Å². The second kappa shape index (κ2) is 5.09. The number of anilines is 2. The highest BCUT2D eigenvalue weighted by Crippen LogP contribution is 2.36. The normalized spacial score (nSPS) is 14.1. The number of hydrogen-bond acceptors (Lipinski definition) is 6. The Hall–Kier alpha value is -2.15. The molecule has 1 fully saturated rings. The number of carbonyl (C=O) groups is 1. The second-order valence-corrected chi connectivity index (χ2v) is 5.61. The number of amides is 1. The lowest BCUT2D eigenvalue weighted by Crippen LogP contribution is -2.12. The van der Waals surface area contributed by atoms with Gasteiger partial charge in [0.25, 0.3) is 0 Å². The number of hydrogen-bond donors (Lipinski definition) is 2. The number of methoxy groups -OCH3 is 1. The van der Waals surface area contributed by atoms with E-state index in [1.807, 2.05) is 0 Å². The van der Waals surface area contributed by atoms with Crippen LogP contribution in [-0.2, 0) is 4.79 Å². The van der Waals surface area contributed by atoms with E-state index in [4.69, 9.17) is 10.5 Å². The van der Waals surface area contributed by atoms with E-state index >= 15 is 0 Å². The smallest absolute Gasteiger partial charge is 0.229 e. The Morgan fingerprint density at radius 3 is 2.95 bits per heavy atom. The first-order chi connectivity index (χ1) is 9.67. The zero-order valence-corrected chi connectivity index (χ0v) is 11.7. The summed E-state index contributed by atoms with van der Waals surface area (Å²) < 4.78 is 5.29. The molecule has 0 saturated heterocycles. The summed E-state index contributed by atoms with van der Waals surface area (Å²) in [6.07, 6.45) is 1.92. The number of nitrogens with zero attached hydrogens (tertiary/aromatic N) is 2. The lowest BCUT2D eigenvalue weighted by molar-refractivity contribution is -0.117. The maximum Gasteiger partial charge on any atom is 0.229 e. The molecule has 7 heteroatoms. The van der Waals surface area contributed by atoms with Crippen molar-refractivity contribution in [3.05, 3.63) is 18.2 Å². The van der Waals surface area contributed by atoms with E-state index in [-0.39, 0.29) is 11.8 Å². The molecule has 0 spiro atoms. The Labute approximate surface area is 120 Å². The Bertz CT molecular complexity index is 652. The van der Waals surface area contributed by atoms with Crippen LogP contribution >= 0.6 is 11.3 Å². The minimum Gasteiger partial charge on any atom is -0.496 e. The molecule has 1 amide bonds. The summed E-state index contributed by atoms with van der Waals surface area (Å²) in [6, 6.07) is 5.33. The Balaban J connectivity index is 1.85. The molecule has 1 heterocycles. The molecule has 2 aromatic rings. The number of rotatable bonds is 4. The number of nitrogens with one attached hydrogen (secondary N) is 1. The van der Waals surface area contributed by atoms with Crippen LogP contribution in [0.15, 0.2) is 18.2 Å². The minimum atomic E-state index is 0.0206. The third-order valence-corrected chi connectivity index (χ3v) is 3.93. The molecule has 1 aromatic carbocycles. The van der Waals surface area contributed by atoms with Gasteiger partial charge in [0.1, 0.15) is 5.75 Å². The summed E-state index contributed by atoms with van der Waals surface area (Å²) in [4.78, 5) is 11.7. The maximum absolute atomic E-state index is 11.7. The maximum atomic E-state index is 11.7. The quantitative estimate of drug-likeness (QED) is 0.842. The monoisotopic (exact) mass is 290 g/mol. The number of nitrogen functional groups attached to an aromatic ring is 1. The number of benzene rings is 1. The van der Waals surface area contributed by atoms with Crippen LogP contribution in [0.1, 0.15) is 12.8 Å². The molecule has 1 aromatic heterocycles. The Kier molecular flexibility index (Phi) is 3.27. The van der Waals surface area contributed by atoms with Crippen molar-refractivity contribution in [1.82, 2.24) is 10.2 Å². The van der Waals surface area contributed by atoms with Crippen molar-refractivity contribution in [3.8, 4) is 16.3 Å². The van der Waals surface area contributed by atoms with Gasteiger partial charge in [-0.25, -0.2) is 0 Å². The molecule has 20 heavy (non-hydrogen) atoms. The van der Waals surface area contributed by atoms with Gasteiger partial charge in [-0.2, -0.15) is 0 Å². The van der Waals surface area contributed by atoms with Crippen LogP contribution in [0.2, 0.25) is 0 Å². The summed E-state index contributed by atoms with van der Waals surface area (Å²) in [5.74, 6) is 0.840. The highest BCUT2D eigenvalue weighted by molar-refractivity contribution is 7.18. The van der Waals surface area contributed by atoms with Crippen molar-refractivity contribution in [2.75, 3.05) is 18.2 Å². The van der Waals surface area contributed by atoms with Gasteiger partial charge in [-0.05, 0) is 31.0 Å². The van der Waals surface area contributed by atoms with Gasteiger partial charge < -0.3 is 15.8 Å². The van der Waals surface area contributed by atoms with E-state index in [9.17, 15) is 4.79 Å². The van der Waals surface area contributed by atoms with Crippen molar-refractivity contribution >= 4 is 28.1 Å². The van der Waals surface area contributed by atoms with E-state index in [1.165, 1.54) is 11.3 Å². The molecule has 0 unspecified atom stereocenters. The number of aromatic nitrogens is 2. The third kappa shape index (κ3) is 2.57. The molecule has 0 atom stereocenters. The van der Waals surface area contributed by atoms with E-state index in [0.29, 0.717) is 21.6 Å². The van der Waals surface area contributed by atoms with Crippen LogP contribution in [0.5, 0.6) is 5.75 Å². The van der Waals surface area contributed by atoms with Crippen LogP contribution < -0.4 is 15.8 Å². The largest absolute Gasteiger partial charge is 0.496 e. The van der Waals surface area contributed by atoms with Gasteiger partial charge in [0.2, 0.25) is 11.0 Å². The lowest BCUT2D eigenvalue weighted by Gasteiger charge is -2.05. The van der Waals surface area contributed by atoms with Crippen molar-refractivity contribution < 1.29 is 9.53 Å². The van der Waals surface area contributed by atoms with Gasteiger partial charge in [0.15, 0.2) is 5.01 Å². The van der Waals surface area contributed by atoms with Crippen LogP contribution in [0.25, 0.3) is 10.6 Å². The molecule has 3 rings (SSSR count). The molecule has 0 bridgehead atoms. The first kappa shape index (κ1) is 12.9. The van der Waals surface area contributed by atoms with Crippen LogP contribution in [0.3, 0.4) is 0 Å². The number of carbonyl (C=O) groups excluding carboxylic acids is 1. The summed E-state index contributed by atoms with van der Waals surface area (Å²) in [7, 11) is 1.59. The molecule has 0 radical (unpaired) electrons. The predicted octanol–water partition coefficient (Wildman–Crippen LogP) is 2.14. The Morgan fingerprint density at radius 1 is 1.45 bits per heavy atom. The zero-order valence-electron chi connectivity index (χ0n) is 10.9. The molecular formula is C13H14N4O2S. The highest BCUT2D eigenvalue weighted by Gasteiger charge is 2.30. The van der Waals surface area contributed by atoms with Gasteiger partial charge in [0, 0.05) is 11.6 Å². The zero-order chi connectivity index (χ0) is 14.1. The molecular weight excluding hydrogens is 276 g/mol. The highest BCUT2D eigenvalue weighted by atomic mass is 32.1. The average Bonchev–Trinajstić information content (AvgIpc) is 3.20. The van der Waals surface area contributed by atoms with Gasteiger partial charge >= 0.3 is 0 Å². The molecule has 0 aliphatic heterocycles. The SMILES string of the molecule is COc1ccc(N)cc1-c1nnc(NC(=O)C2CC2)s1. The predicted molar refractivity (Wildman–Crippen MR) is 77.7 cm³/mol. The van der Waals surface area contributed by atoms with Crippen LogP contribution in [-0.4, -0.2) is 23.2 Å². The van der Waals surface area contributed by atoms with Crippen LogP contribution in [0, 0.1) is 5.92 Å². The molecule has 6 nitrogen and oxygen atoms in total. The fraction of sp³-hybridized carbons (Fsp3) is 0.308. The fourth-order valence-electron chi connectivity index (χ4n) is 1.83. The summed E-state index contributed by atoms with van der Waals surface area (Å²) in [5.41, 5.74) is 7.19. The second-order valence-electron chi connectivity index (χ2n) is 4.64. The standard InChI is InChI=1S/C13H14N4O2S/c1-19-10-5-4-8(14)6-9(10)12-16-17-13(20-12)15-11(18)7-2-3-7/h4-7H,2-3,14H2,1H3,(H,15,17,18). The van der Waals surface area contributed by atoms with Crippen molar-refractivity contribution in [2.45, 2.75) is 12.8 Å². The van der Waals surface area contributed by atoms with E-state index in [0.717, 1.165) is 18.4 Å². The van der Waals surface area contributed by atoms with Crippen LogP contribution in [0.4, 0.5) is 10.8 Å². The van der Waals surface area contributed by atoms with Gasteiger partial charge in [0.05, 0.1) is 12.7 Å². The van der Waals surface area contributed by atoms with Gasteiger partial charge in [-0.15, -0.1) is 10.2 Å². The van der Waals surface area contributed by atoms with E-state index < -0.39 is 0 Å². The molecule has 3 N–H and O–H groups in total. The number of nitrogens with two attached hydrogens (primary N) is 1. The topological polar surface area (TPSA) is 90.1 Å². The first-order valence-corrected chi connectivity index (χ1v) is 7.07. The molecule has 1 aliphatic rings. The first-order valence-electron chi connectivity index (χ1n) is 6.25. The van der Waals surface area contributed by atoms with Crippen molar-refractivity contribution in [2.24, 2.45) is 5.92 Å². The van der Waals surface area contributed by atoms with Crippen molar-refractivity contribution in [1.29, 1.82) is 0 Å². The minimum absolute atomic E-state index is 0.0206. The summed E-state index contributed by atoms with van der Waals surface area (Å²) in [5, 5.41) is 12.0. The fourth-order valence-corrected chi connectivity index (χ4v) is 2.60. The molecule has 1 aliphatic carbocycles.